The lowest BCUT2D eigenvalue weighted by atomic mass is 10.3. The molecule has 0 aliphatic rings. The van der Waals surface area contributed by atoms with Crippen molar-refractivity contribution in [2.24, 2.45) is 0 Å². The Kier molecular flexibility index (Phi) is 4.40. The van der Waals surface area contributed by atoms with E-state index in [1.54, 1.807) is 12.1 Å². The Morgan fingerprint density at radius 2 is 2.12 bits per heavy atom. The van der Waals surface area contributed by atoms with Crippen molar-refractivity contribution in [3.8, 4) is 0 Å². The molecule has 4 N–H and O–H groups in total. The summed E-state index contributed by atoms with van der Waals surface area (Å²) >= 11 is 5.77. The van der Waals surface area contributed by atoms with Crippen molar-refractivity contribution in [2.75, 3.05) is 17.0 Å². The van der Waals surface area contributed by atoms with Gasteiger partial charge in [-0.05, 0) is 24.6 Å². The molecule has 0 fully saturated rings. The zero-order valence-corrected chi connectivity index (χ0v) is 10.4. The van der Waals surface area contributed by atoms with Crippen molar-refractivity contribution in [3.63, 3.8) is 0 Å². The Morgan fingerprint density at radius 1 is 1.44 bits per heavy atom. The molecule has 90 valence electrons. The number of halogens is 1. The van der Waals surface area contributed by atoms with Gasteiger partial charge < -0.3 is 5.73 Å². The highest BCUT2D eigenvalue weighted by molar-refractivity contribution is 7.90. The number of rotatable bonds is 5. The van der Waals surface area contributed by atoms with Gasteiger partial charge in [-0.1, -0.05) is 18.5 Å². The van der Waals surface area contributed by atoms with E-state index in [-0.39, 0.29) is 0 Å². The highest BCUT2D eigenvalue weighted by Gasteiger charge is 2.08. The van der Waals surface area contributed by atoms with Crippen LogP contribution in [0.25, 0.3) is 0 Å². The maximum absolute atomic E-state index is 11.5. The Labute approximate surface area is 100 Å². The first-order valence-corrected chi connectivity index (χ1v) is 6.63. The molecule has 0 aromatic heterocycles. The van der Waals surface area contributed by atoms with Crippen LogP contribution in [0.4, 0.5) is 11.4 Å². The monoisotopic (exact) mass is 263 g/mol. The van der Waals surface area contributed by atoms with Gasteiger partial charge >= 0.3 is 0 Å². The van der Waals surface area contributed by atoms with Crippen LogP contribution in [-0.2, 0) is 10.2 Å². The number of hydrogen-bond acceptors (Lipinski definition) is 3. The summed E-state index contributed by atoms with van der Waals surface area (Å²) in [6, 6.07) is 4.55. The topological polar surface area (TPSA) is 84.2 Å². The molecular formula is C9H14ClN3O2S. The van der Waals surface area contributed by atoms with Gasteiger partial charge in [-0.2, -0.15) is 13.1 Å². The zero-order valence-electron chi connectivity index (χ0n) is 8.83. The molecule has 0 aliphatic heterocycles. The first kappa shape index (κ1) is 13.1. The van der Waals surface area contributed by atoms with Gasteiger partial charge in [0.1, 0.15) is 0 Å². The molecule has 0 aliphatic carbocycles. The fourth-order valence-corrected chi connectivity index (χ4v) is 2.18. The Balaban J connectivity index is 2.76. The molecule has 0 saturated carbocycles. The smallest absolute Gasteiger partial charge is 0.299 e. The number of benzene rings is 1. The zero-order chi connectivity index (χ0) is 12.2. The quantitative estimate of drug-likeness (QED) is 0.705. The molecule has 0 saturated heterocycles. The minimum atomic E-state index is -3.53. The van der Waals surface area contributed by atoms with Crippen molar-refractivity contribution < 1.29 is 8.42 Å². The van der Waals surface area contributed by atoms with E-state index in [4.69, 9.17) is 17.3 Å². The number of nitrogens with one attached hydrogen (secondary N) is 2. The predicted molar refractivity (Wildman–Crippen MR) is 66.7 cm³/mol. The fourth-order valence-electron chi connectivity index (χ4n) is 1.02. The van der Waals surface area contributed by atoms with Crippen molar-refractivity contribution in [1.29, 1.82) is 0 Å². The Bertz CT molecular complexity index is 462. The average Bonchev–Trinajstić information content (AvgIpc) is 2.20. The average molecular weight is 264 g/mol. The largest absolute Gasteiger partial charge is 0.398 e. The third-order valence-electron chi connectivity index (χ3n) is 1.79. The molecule has 1 rings (SSSR count). The van der Waals surface area contributed by atoms with Crippen LogP contribution in [0.3, 0.4) is 0 Å². The first-order valence-electron chi connectivity index (χ1n) is 4.77. The molecule has 7 heteroatoms. The highest BCUT2D eigenvalue weighted by Crippen LogP contribution is 2.22. The second-order valence-corrected chi connectivity index (χ2v) is 5.14. The molecule has 0 radical (unpaired) electrons. The minimum absolute atomic E-state index is 0.315. The lowest BCUT2D eigenvalue weighted by Gasteiger charge is -2.09. The van der Waals surface area contributed by atoms with E-state index in [1.165, 1.54) is 6.07 Å². The van der Waals surface area contributed by atoms with E-state index in [2.05, 4.69) is 9.44 Å². The van der Waals surface area contributed by atoms with Gasteiger partial charge in [0.15, 0.2) is 0 Å². The van der Waals surface area contributed by atoms with Crippen LogP contribution in [-0.4, -0.2) is 15.0 Å². The van der Waals surface area contributed by atoms with Crippen molar-refractivity contribution >= 4 is 33.2 Å². The predicted octanol–water partition coefficient (Wildman–Crippen LogP) is 1.58. The third-order valence-corrected chi connectivity index (χ3v) is 3.21. The Hall–Kier alpha value is -0.980. The molecule has 1 aromatic carbocycles. The van der Waals surface area contributed by atoms with Crippen molar-refractivity contribution in [2.45, 2.75) is 13.3 Å². The summed E-state index contributed by atoms with van der Waals surface area (Å²) in [5.74, 6) is 0. The van der Waals surface area contributed by atoms with Crippen LogP contribution in [0.2, 0.25) is 5.02 Å². The lowest BCUT2D eigenvalue weighted by Crippen LogP contribution is -2.30. The summed E-state index contributed by atoms with van der Waals surface area (Å²) in [5.41, 5.74) is 6.29. The molecule has 5 nitrogen and oxygen atoms in total. The summed E-state index contributed by atoms with van der Waals surface area (Å²) < 4.78 is 27.6. The standard InChI is InChI=1S/C9H14ClN3O2S/c1-2-5-12-16(14,15)13-7-3-4-9(11)8(10)6-7/h3-4,6,12-13H,2,5,11H2,1H3. The van der Waals surface area contributed by atoms with Crippen LogP contribution in [0, 0.1) is 0 Å². The summed E-state index contributed by atoms with van der Waals surface area (Å²) in [6.45, 7) is 2.26. The van der Waals surface area contributed by atoms with E-state index >= 15 is 0 Å². The lowest BCUT2D eigenvalue weighted by molar-refractivity contribution is 0.586. The van der Waals surface area contributed by atoms with E-state index in [9.17, 15) is 8.42 Å². The van der Waals surface area contributed by atoms with Crippen LogP contribution in [0.15, 0.2) is 18.2 Å². The summed E-state index contributed by atoms with van der Waals surface area (Å²) in [7, 11) is -3.53. The SMILES string of the molecule is CCCNS(=O)(=O)Nc1ccc(N)c(Cl)c1. The number of nitrogen functional groups attached to an aromatic ring is 1. The van der Waals surface area contributed by atoms with E-state index in [0.29, 0.717) is 22.9 Å². The number of nitrogens with two attached hydrogens (primary N) is 1. The molecule has 16 heavy (non-hydrogen) atoms. The maximum Gasteiger partial charge on any atom is 0.299 e. The first-order chi connectivity index (χ1) is 7.44. The fraction of sp³-hybridized carbons (Fsp3) is 0.333. The molecule has 0 spiro atoms. The highest BCUT2D eigenvalue weighted by atomic mass is 35.5. The molecule has 0 amide bonds. The van der Waals surface area contributed by atoms with Gasteiger partial charge in [-0.3, -0.25) is 4.72 Å². The minimum Gasteiger partial charge on any atom is -0.398 e. The van der Waals surface area contributed by atoms with Crippen LogP contribution >= 0.6 is 11.6 Å². The second-order valence-electron chi connectivity index (χ2n) is 3.24. The van der Waals surface area contributed by atoms with E-state index in [0.717, 1.165) is 6.42 Å². The third kappa shape index (κ3) is 3.88. The number of anilines is 2. The molecule has 0 unspecified atom stereocenters. The summed E-state index contributed by atoms with van der Waals surface area (Å²) in [4.78, 5) is 0. The molecular weight excluding hydrogens is 250 g/mol. The van der Waals surface area contributed by atoms with Crippen LogP contribution < -0.4 is 15.2 Å². The van der Waals surface area contributed by atoms with Gasteiger partial charge in [0.05, 0.1) is 16.4 Å². The van der Waals surface area contributed by atoms with Gasteiger partial charge in [0.2, 0.25) is 0 Å². The van der Waals surface area contributed by atoms with Crippen LogP contribution in [0.1, 0.15) is 13.3 Å². The number of hydrogen-bond donors (Lipinski definition) is 3. The Morgan fingerprint density at radius 3 is 2.69 bits per heavy atom. The van der Waals surface area contributed by atoms with E-state index in [1.807, 2.05) is 6.92 Å². The maximum atomic E-state index is 11.5. The molecule has 1 aromatic rings. The van der Waals surface area contributed by atoms with Gasteiger partial charge in [-0.25, -0.2) is 0 Å². The molecule has 0 atom stereocenters. The normalized spacial score (nSPS) is 11.4. The van der Waals surface area contributed by atoms with Gasteiger partial charge in [-0.15, -0.1) is 0 Å². The van der Waals surface area contributed by atoms with Gasteiger partial charge in [0, 0.05) is 6.54 Å². The summed E-state index contributed by atoms with van der Waals surface area (Å²) in [6.07, 6.45) is 0.726. The molecule has 0 heterocycles. The van der Waals surface area contributed by atoms with Crippen molar-refractivity contribution in [3.05, 3.63) is 23.2 Å². The molecule has 0 bridgehead atoms. The van der Waals surface area contributed by atoms with Crippen molar-refractivity contribution in [1.82, 2.24) is 4.72 Å². The van der Waals surface area contributed by atoms with Crippen LogP contribution in [0.5, 0.6) is 0 Å². The summed E-state index contributed by atoms with van der Waals surface area (Å²) in [5, 5.41) is 0.315. The van der Waals surface area contributed by atoms with Gasteiger partial charge in [0.25, 0.3) is 10.2 Å². The van der Waals surface area contributed by atoms with E-state index < -0.39 is 10.2 Å². The second kappa shape index (κ2) is 5.38.